The molecule has 1 saturated heterocycles. The molecule has 2 heterocycles. The van der Waals surface area contributed by atoms with Gasteiger partial charge in [0.1, 0.15) is 0 Å². The first-order chi connectivity index (χ1) is 12.5. The molecule has 2 aliphatic rings. The molecule has 0 saturated carbocycles. The van der Waals surface area contributed by atoms with Gasteiger partial charge in [0.25, 0.3) is 8.32 Å². The number of benzene rings is 2. The molecule has 2 aromatic carbocycles. The molecular formula is C23H29NOSi. The summed E-state index contributed by atoms with van der Waals surface area (Å²) in [5.41, 5.74) is 1.49. The lowest BCUT2D eigenvalue weighted by Gasteiger charge is -2.44. The Hall–Kier alpha value is -1.84. The molecule has 0 unspecified atom stereocenters. The normalized spacial score (nSPS) is 20.2. The summed E-state index contributed by atoms with van der Waals surface area (Å²) in [6.07, 6.45) is 4.94. The number of hydrogen-bond acceptors (Lipinski definition) is 2. The maximum absolute atomic E-state index is 7.23. The van der Waals surface area contributed by atoms with E-state index in [9.17, 15) is 0 Å². The van der Waals surface area contributed by atoms with E-state index in [1.165, 1.54) is 22.5 Å². The number of hydrogen-bond donors (Lipinski definition) is 0. The fraction of sp³-hybridized carbons (Fsp3) is 0.391. The van der Waals surface area contributed by atoms with Gasteiger partial charge in [0.15, 0.2) is 0 Å². The van der Waals surface area contributed by atoms with Gasteiger partial charge in [-0.1, -0.05) is 87.5 Å². The SMILES string of the molecule is CC(C)(C)[Si](O[C@@H]1CC2=CCCN2C1)(c1ccccc1)c1ccccc1. The Morgan fingerprint density at radius 2 is 1.50 bits per heavy atom. The van der Waals surface area contributed by atoms with E-state index in [0.29, 0.717) is 0 Å². The Labute approximate surface area is 158 Å². The molecule has 26 heavy (non-hydrogen) atoms. The maximum atomic E-state index is 7.23. The van der Waals surface area contributed by atoms with Gasteiger partial charge in [-0.15, -0.1) is 0 Å². The van der Waals surface area contributed by atoms with Crippen molar-refractivity contribution < 1.29 is 4.43 Å². The van der Waals surface area contributed by atoms with Gasteiger partial charge in [-0.3, -0.25) is 0 Å². The molecule has 2 aliphatic heterocycles. The highest BCUT2D eigenvalue weighted by atomic mass is 28.4. The Kier molecular flexibility index (Phi) is 4.53. The number of rotatable bonds is 4. The summed E-state index contributed by atoms with van der Waals surface area (Å²) >= 11 is 0. The minimum absolute atomic E-state index is 0.0527. The first-order valence-corrected chi connectivity index (χ1v) is 11.6. The lowest BCUT2D eigenvalue weighted by molar-refractivity contribution is 0.189. The zero-order chi connectivity index (χ0) is 18.2. The van der Waals surface area contributed by atoms with E-state index >= 15 is 0 Å². The summed E-state index contributed by atoms with van der Waals surface area (Å²) in [4.78, 5) is 2.52. The molecule has 1 fully saturated rings. The van der Waals surface area contributed by atoms with Crippen LogP contribution in [0.5, 0.6) is 0 Å². The summed E-state index contributed by atoms with van der Waals surface area (Å²) in [5.74, 6) is 0. The van der Waals surface area contributed by atoms with Crippen LogP contribution in [0.25, 0.3) is 0 Å². The van der Waals surface area contributed by atoms with E-state index < -0.39 is 8.32 Å². The molecule has 0 radical (unpaired) electrons. The Balaban J connectivity index is 1.80. The molecule has 0 aromatic heterocycles. The van der Waals surface area contributed by atoms with Crippen LogP contribution in [0, 0.1) is 0 Å². The minimum Gasteiger partial charge on any atom is -0.402 e. The third-order valence-corrected chi connectivity index (χ3v) is 10.9. The smallest absolute Gasteiger partial charge is 0.261 e. The second-order valence-corrected chi connectivity index (χ2v) is 12.8. The largest absolute Gasteiger partial charge is 0.402 e. The van der Waals surface area contributed by atoms with Crippen molar-refractivity contribution in [1.29, 1.82) is 0 Å². The third-order valence-electron chi connectivity index (χ3n) is 5.81. The zero-order valence-corrected chi connectivity index (χ0v) is 17.1. The topological polar surface area (TPSA) is 12.5 Å². The molecule has 0 aliphatic carbocycles. The van der Waals surface area contributed by atoms with E-state index in [-0.39, 0.29) is 11.1 Å². The van der Waals surface area contributed by atoms with Gasteiger partial charge in [0.05, 0.1) is 6.10 Å². The highest BCUT2D eigenvalue weighted by Crippen LogP contribution is 2.40. The summed E-state index contributed by atoms with van der Waals surface area (Å²) in [6, 6.07) is 21.9. The van der Waals surface area contributed by atoms with Gasteiger partial charge in [-0.25, -0.2) is 0 Å². The van der Waals surface area contributed by atoms with Gasteiger partial charge in [-0.05, 0) is 21.8 Å². The summed E-state index contributed by atoms with van der Waals surface area (Å²) < 4.78 is 7.23. The van der Waals surface area contributed by atoms with Crippen molar-refractivity contribution in [3.8, 4) is 0 Å². The van der Waals surface area contributed by atoms with Crippen molar-refractivity contribution >= 4 is 18.7 Å². The molecule has 0 spiro atoms. The second kappa shape index (κ2) is 6.71. The monoisotopic (exact) mass is 363 g/mol. The highest BCUT2D eigenvalue weighted by Gasteiger charge is 2.52. The second-order valence-electron chi connectivity index (χ2n) is 8.54. The van der Waals surface area contributed by atoms with Crippen molar-refractivity contribution in [1.82, 2.24) is 4.90 Å². The van der Waals surface area contributed by atoms with Crippen LogP contribution in [0.15, 0.2) is 72.4 Å². The summed E-state index contributed by atoms with van der Waals surface area (Å²) in [6.45, 7) is 9.27. The van der Waals surface area contributed by atoms with E-state index in [0.717, 1.165) is 19.5 Å². The van der Waals surface area contributed by atoms with E-state index in [2.05, 4.69) is 92.4 Å². The average molecular weight is 364 g/mol. The number of nitrogens with zero attached hydrogens (tertiary/aromatic N) is 1. The van der Waals surface area contributed by atoms with E-state index in [1.54, 1.807) is 0 Å². The third kappa shape index (κ3) is 2.93. The van der Waals surface area contributed by atoms with Crippen LogP contribution in [0.2, 0.25) is 5.04 Å². The van der Waals surface area contributed by atoms with E-state index in [1.807, 2.05) is 0 Å². The molecule has 136 valence electrons. The van der Waals surface area contributed by atoms with Crippen LogP contribution in [0.1, 0.15) is 33.6 Å². The summed E-state index contributed by atoms with van der Waals surface area (Å²) in [5, 5.41) is 2.80. The quantitative estimate of drug-likeness (QED) is 0.763. The first kappa shape index (κ1) is 17.6. The predicted molar refractivity (Wildman–Crippen MR) is 111 cm³/mol. The van der Waals surface area contributed by atoms with Crippen LogP contribution in [-0.2, 0) is 4.43 Å². The van der Waals surface area contributed by atoms with Crippen LogP contribution in [-0.4, -0.2) is 32.4 Å². The van der Waals surface area contributed by atoms with E-state index in [4.69, 9.17) is 4.43 Å². The van der Waals surface area contributed by atoms with Gasteiger partial charge in [0.2, 0.25) is 0 Å². The molecule has 0 bridgehead atoms. The fourth-order valence-electron chi connectivity index (χ4n) is 4.64. The molecule has 3 heteroatoms. The molecule has 2 nitrogen and oxygen atoms in total. The predicted octanol–water partition coefficient (Wildman–Crippen LogP) is 3.92. The van der Waals surface area contributed by atoms with Crippen molar-refractivity contribution in [2.24, 2.45) is 0 Å². The van der Waals surface area contributed by atoms with Crippen molar-refractivity contribution in [3.05, 3.63) is 72.4 Å². The lowest BCUT2D eigenvalue weighted by atomic mass is 10.2. The Morgan fingerprint density at radius 3 is 2.00 bits per heavy atom. The molecule has 1 atom stereocenters. The fourth-order valence-corrected chi connectivity index (χ4v) is 9.32. The van der Waals surface area contributed by atoms with Gasteiger partial charge in [0, 0.05) is 25.2 Å². The standard InChI is InChI=1S/C23H29NOSi/c1-23(2,3)26(21-12-6-4-7-13-21,22-14-8-5-9-15-22)25-20-17-19-11-10-16-24(19)18-20/h4-9,11-15,20H,10,16-18H2,1-3H3/t20-/m1/s1. The molecule has 4 rings (SSSR count). The summed E-state index contributed by atoms with van der Waals surface area (Å²) in [7, 11) is -2.42. The van der Waals surface area contributed by atoms with Gasteiger partial charge in [-0.2, -0.15) is 0 Å². The highest BCUT2D eigenvalue weighted by molar-refractivity contribution is 6.99. The zero-order valence-electron chi connectivity index (χ0n) is 16.1. The molecule has 0 N–H and O–H groups in total. The minimum atomic E-state index is -2.42. The van der Waals surface area contributed by atoms with Crippen molar-refractivity contribution in [3.63, 3.8) is 0 Å². The lowest BCUT2D eigenvalue weighted by Crippen LogP contribution is -2.67. The Morgan fingerprint density at radius 1 is 0.923 bits per heavy atom. The molecule has 0 amide bonds. The van der Waals surface area contributed by atoms with Crippen LogP contribution >= 0.6 is 0 Å². The van der Waals surface area contributed by atoms with Crippen LogP contribution in [0.3, 0.4) is 0 Å². The van der Waals surface area contributed by atoms with Gasteiger partial charge < -0.3 is 9.33 Å². The van der Waals surface area contributed by atoms with Gasteiger partial charge >= 0.3 is 0 Å². The Bertz CT molecular complexity index is 739. The van der Waals surface area contributed by atoms with Crippen molar-refractivity contribution in [2.45, 2.75) is 44.8 Å². The average Bonchev–Trinajstić information content (AvgIpc) is 3.21. The van der Waals surface area contributed by atoms with Crippen LogP contribution in [0.4, 0.5) is 0 Å². The van der Waals surface area contributed by atoms with Crippen LogP contribution < -0.4 is 10.4 Å². The first-order valence-electron chi connectivity index (χ1n) is 9.73. The maximum Gasteiger partial charge on any atom is 0.261 e. The molecule has 2 aromatic rings. The van der Waals surface area contributed by atoms with Crippen molar-refractivity contribution in [2.75, 3.05) is 13.1 Å². The molecular weight excluding hydrogens is 334 g/mol. The number of fused-ring (bicyclic) bond motifs is 1.